The first kappa shape index (κ1) is 13.1. The number of imide groups is 1. The van der Waals surface area contributed by atoms with Crippen LogP contribution in [0.15, 0.2) is 35.5 Å². The molecule has 102 valence electrons. The molecule has 0 unspecified atom stereocenters. The highest BCUT2D eigenvalue weighted by Gasteiger charge is 2.26. The molecule has 6 heteroatoms. The van der Waals surface area contributed by atoms with Crippen molar-refractivity contribution in [2.24, 2.45) is 0 Å². The van der Waals surface area contributed by atoms with E-state index in [0.717, 1.165) is 17.5 Å². The zero-order valence-electron chi connectivity index (χ0n) is 10.8. The third-order valence-corrected chi connectivity index (χ3v) is 4.03. The van der Waals surface area contributed by atoms with E-state index < -0.39 is 0 Å². The number of benzene rings is 1. The molecule has 20 heavy (non-hydrogen) atoms. The summed E-state index contributed by atoms with van der Waals surface area (Å²) in [4.78, 5) is 33.5. The van der Waals surface area contributed by atoms with Gasteiger partial charge in [-0.15, -0.1) is 0 Å². The molecule has 1 aliphatic heterocycles. The van der Waals surface area contributed by atoms with Crippen molar-refractivity contribution in [3.8, 4) is 0 Å². The van der Waals surface area contributed by atoms with Gasteiger partial charge in [-0.1, -0.05) is 23.9 Å². The number of aromatic nitrogens is 2. The number of carbonyl (C=O) groups is 2. The lowest BCUT2D eigenvalue weighted by Gasteiger charge is -2.12. The quantitative estimate of drug-likeness (QED) is 0.806. The molecule has 0 aliphatic carbocycles. The van der Waals surface area contributed by atoms with Gasteiger partial charge < -0.3 is 0 Å². The number of hydrogen-bond acceptors (Lipinski definition) is 5. The van der Waals surface area contributed by atoms with Crippen LogP contribution in [0.3, 0.4) is 0 Å². The SMILES string of the molecule is O=C1CCCN1C(=O)CSc1cnc2ccccc2n1. The molecule has 0 spiro atoms. The first-order valence-corrected chi connectivity index (χ1v) is 7.40. The predicted molar refractivity (Wildman–Crippen MR) is 76.2 cm³/mol. The predicted octanol–water partition coefficient (Wildman–Crippen LogP) is 1.87. The van der Waals surface area contributed by atoms with Gasteiger partial charge in [0.25, 0.3) is 0 Å². The number of fused-ring (bicyclic) bond motifs is 1. The van der Waals surface area contributed by atoms with Gasteiger partial charge >= 0.3 is 0 Å². The van der Waals surface area contributed by atoms with E-state index in [1.54, 1.807) is 6.20 Å². The maximum absolute atomic E-state index is 11.9. The number of amides is 2. The molecule has 2 amide bonds. The summed E-state index contributed by atoms with van der Waals surface area (Å²) in [5.74, 6) is 0.00586. The van der Waals surface area contributed by atoms with Crippen molar-refractivity contribution in [2.45, 2.75) is 17.9 Å². The van der Waals surface area contributed by atoms with Gasteiger partial charge in [0.15, 0.2) is 0 Å². The lowest BCUT2D eigenvalue weighted by atomic mass is 10.3. The Morgan fingerprint density at radius 3 is 2.85 bits per heavy atom. The Morgan fingerprint density at radius 1 is 1.30 bits per heavy atom. The minimum atomic E-state index is -0.146. The molecule has 1 saturated heterocycles. The minimum absolute atomic E-state index is 0.0693. The molecule has 0 saturated carbocycles. The molecule has 1 fully saturated rings. The average molecular weight is 287 g/mol. The molecule has 1 aliphatic rings. The lowest BCUT2D eigenvalue weighted by molar-refractivity contribution is -0.140. The Hall–Kier alpha value is -1.95. The highest BCUT2D eigenvalue weighted by molar-refractivity contribution is 7.99. The van der Waals surface area contributed by atoms with Crippen LogP contribution in [-0.4, -0.2) is 39.0 Å². The number of nitrogens with zero attached hydrogens (tertiary/aromatic N) is 3. The zero-order valence-corrected chi connectivity index (χ0v) is 11.6. The summed E-state index contributed by atoms with van der Waals surface area (Å²) < 4.78 is 0. The van der Waals surface area contributed by atoms with Crippen molar-refractivity contribution in [1.82, 2.24) is 14.9 Å². The van der Waals surface area contributed by atoms with E-state index in [1.807, 2.05) is 24.3 Å². The molecular formula is C14H13N3O2S. The maximum atomic E-state index is 11.9. The van der Waals surface area contributed by atoms with Gasteiger partial charge in [-0.3, -0.25) is 19.5 Å². The second-order valence-corrected chi connectivity index (χ2v) is 5.52. The van der Waals surface area contributed by atoms with E-state index in [2.05, 4.69) is 9.97 Å². The standard InChI is InChI=1S/C14H13N3O2S/c18-13-6-3-7-17(13)14(19)9-20-12-8-15-10-4-1-2-5-11(10)16-12/h1-2,4-5,8H,3,6-7,9H2. The Bertz CT molecular complexity index is 674. The highest BCUT2D eigenvalue weighted by atomic mass is 32.2. The molecule has 0 N–H and O–H groups in total. The molecule has 0 bridgehead atoms. The number of thioether (sulfide) groups is 1. The number of para-hydroxylation sites is 2. The minimum Gasteiger partial charge on any atom is -0.282 e. The molecule has 3 rings (SSSR count). The van der Waals surface area contributed by atoms with Gasteiger partial charge in [-0.2, -0.15) is 0 Å². The summed E-state index contributed by atoms with van der Waals surface area (Å²) in [5.41, 5.74) is 1.64. The summed E-state index contributed by atoms with van der Waals surface area (Å²) in [7, 11) is 0. The average Bonchev–Trinajstić information content (AvgIpc) is 2.91. The van der Waals surface area contributed by atoms with Crippen LogP contribution in [0.5, 0.6) is 0 Å². The maximum Gasteiger partial charge on any atom is 0.239 e. The van der Waals surface area contributed by atoms with Crippen LogP contribution in [0.2, 0.25) is 0 Å². The molecule has 0 radical (unpaired) electrons. The van der Waals surface area contributed by atoms with E-state index in [-0.39, 0.29) is 17.6 Å². The summed E-state index contributed by atoms with van der Waals surface area (Å²) >= 11 is 1.32. The molecule has 2 heterocycles. The van der Waals surface area contributed by atoms with E-state index in [9.17, 15) is 9.59 Å². The first-order valence-electron chi connectivity index (χ1n) is 6.42. The van der Waals surface area contributed by atoms with E-state index in [1.165, 1.54) is 16.7 Å². The fourth-order valence-corrected chi connectivity index (χ4v) is 2.85. The van der Waals surface area contributed by atoms with Gasteiger partial charge in [0.05, 0.1) is 23.0 Å². The van der Waals surface area contributed by atoms with Gasteiger partial charge in [-0.05, 0) is 18.6 Å². The third kappa shape index (κ3) is 2.65. The van der Waals surface area contributed by atoms with Crippen LogP contribution in [-0.2, 0) is 9.59 Å². The lowest BCUT2D eigenvalue weighted by Crippen LogP contribution is -2.33. The van der Waals surface area contributed by atoms with Crippen LogP contribution >= 0.6 is 11.8 Å². The van der Waals surface area contributed by atoms with E-state index in [4.69, 9.17) is 0 Å². The van der Waals surface area contributed by atoms with E-state index >= 15 is 0 Å². The van der Waals surface area contributed by atoms with Crippen LogP contribution in [0.4, 0.5) is 0 Å². The second kappa shape index (κ2) is 5.58. The number of carbonyl (C=O) groups excluding carboxylic acids is 2. The van der Waals surface area contributed by atoms with Crippen LogP contribution < -0.4 is 0 Å². The number of likely N-dealkylation sites (tertiary alicyclic amines) is 1. The molecule has 1 aromatic heterocycles. The van der Waals surface area contributed by atoms with Crippen LogP contribution in [0, 0.1) is 0 Å². The fourth-order valence-electron chi connectivity index (χ4n) is 2.14. The monoisotopic (exact) mass is 287 g/mol. The number of hydrogen-bond donors (Lipinski definition) is 0. The molecule has 2 aromatic rings. The van der Waals surface area contributed by atoms with Gasteiger partial charge in [0.1, 0.15) is 5.03 Å². The highest BCUT2D eigenvalue weighted by Crippen LogP contribution is 2.19. The summed E-state index contributed by atoms with van der Waals surface area (Å²) in [6, 6.07) is 7.59. The summed E-state index contributed by atoms with van der Waals surface area (Å²) in [5, 5.41) is 0.698. The fraction of sp³-hybridized carbons (Fsp3) is 0.286. The smallest absolute Gasteiger partial charge is 0.239 e. The summed E-state index contributed by atoms with van der Waals surface area (Å²) in [6.07, 6.45) is 2.91. The van der Waals surface area contributed by atoms with Gasteiger partial charge in [0.2, 0.25) is 11.8 Å². The molecule has 1 aromatic carbocycles. The zero-order chi connectivity index (χ0) is 13.9. The third-order valence-electron chi connectivity index (χ3n) is 3.14. The Morgan fingerprint density at radius 2 is 2.10 bits per heavy atom. The topological polar surface area (TPSA) is 63.2 Å². The Kier molecular flexibility index (Phi) is 3.64. The Labute approximate surface area is 120 Å². The summed E-state index contributed by atoms with van der Waals surface area (Å²) in [6.45, 7) is 0.543. The normalized spacial score (nSPS) is 15.0. The molecule has 0 atom stereocenters. The van der Waals surface area contributed by atoms with Crippen LogP contribution in [0.1, 0.15) is 12.8 Å². The van der Waals surface area contributed by atoms with Crippen molar-refractivity contribution in [3.05, 3.63) is 30.5 Å². The number of rotatable bonds is 3. The van der Waals surface area contributed by atoms with E-state index in [0.29, 0.717) is 18.0 Å². The largest absolute Gasteiger partial charge is 0.282 e. The van der Waals surface area contributed by atoms with Gasteiger partial charge in [0, 0.05) is 13.0 Å². The molecular weight excluding hydrogens is 274 g/mol. The van der Waals surface area contributed by atoms with Crippen molar-refractivity contribution in [1.29, 1.82) is 0 Å². The van der Waals surface area contributed by atoms with Crippen molar-refractivity contribution >= 4 is 34.6 Å². The first-order chi connectivity index (χ1) is 9.74. The van der Waals surface area contributed by atoms with Crippen molar-refractivity contribution in [2.75, 3.05) is 12.3 Å². The second-order valence-electron chi connectivity index (χ2n) is 4.53. The van der Waals surface area contributed by atoms with Crippen molar-refractivity contribution in [3.63, 3.8) is 0 Å². The van der Waals surface area contributed by atoms with Crippen molar-refractivity contribution < 1.29 is 9.59 Å². The van der Waals surface area contributed by atoms with Crippen LogP contribution in [0.25, 0.3) is 11.0 Å². The van der Waals surface area contributed by atoms with Gasteiger partial charge in [-0.25, -0.2) is 4.98 Å². The molecule has 5 nitrogen and oxygen atoms in total. The Balaban J connectivity index is 1.67.